The van der Waals surface area contributed by atoms with E-state index < -0.39 is 0 Å². The van der Waals surface area contributed by atoms with Crippen molar-refractivity contribution < 1.29 is 4.79 Å². The number of hydrogen-bond acceptors (Lipinski definition) is 3. The molecule has 0 unspecified atom stereocenters. The molecule has 1 aliphatic rings. The fraction of sp³-hybridized carbons (Fsp3) is 0.562. The van der Waals surface area contributed by atoms with Gasteiger partial charge in [0.05, 0.1) is 0 Å². The van der Waals surface area contributed by atoms with E-state index in [1.165, 1.54) is 17.2 Å². The van der Waals surface area contributed by atoms with Crippen molar-refractivity contribution >= 4 is 23.5 Å². The van der Waals surface area contributed by atoms with Gasteiger partial charge in [0.15, 0.2) is 0 Å². The van der Waals surface area contributed by atoms with E-state index >= 15 is 0 Å². The summed E-state index contributed by atoms with van der Waals surface area (Å²) in [6.45, 7) is 7.69. The number of amides is 2. The van der Waals surface area contributed by atoms with Gasteiger partial charge in [-0.05, 0) is 23.6 Å². The van der Waals surface area contributed by atoms with Gasteiger partial charge < -0.3 is 15.5 Å². The van der Waals surface area contributed by atoms with E-state index in [1.807, 2.05) is 11.8 Å². The Bertz CT molecular complexity index is 441. The predicted octanol–water partition coefficient (Wildman–Crippen LogP) is 2.70. The first kappa shape index (κ1) is 16.0. The van der Waals surface area contributed by atoms with E-state index in [4.69, 9.17) is 0 Å². The molecular formula is C16H25N3OS. The lowest BCUT2D eigenvalue weighted by Gasteiger charge is -2.28. The van der Waals surface area contributed by atoms with Gasteiger partial charge in [-0.3, -0.25) is 0 Å². The zero-order chi connectivity index (χ0) is 15.1. The van der Waals surface area contributed by atoms with Crippen molar-refractivity contribution in [3.63, 3.8) is 0 Å². The van der Waals surface area contributed by atoms with E-state index in [2.05, 4.69) is 53.6 Å². The lowest BCUT2D eigenvalue weighted by Crippen LogP contribution is -2.37. The van der Waals surface area contributed by atoms with Gasteiger partial charge in [0.2, 0.25) is 0 Å². The number of hydrogen-bond donors (Lipinski definition) is 2. The van der Waals surface area contributed by atoms with Crippen molar-refractivity contribution in [3.8, 4) is 0 Å². The Kier molecular flexibility index (Phi) is 6.23. The maximum atomic E-state index is 11.6. The van der Waals surface area contributed by atoms with Crippen LogP contribution >= 0.6 is 11.8 Å². The highest BCUT2D eigenvalue weighted by Gasteiger charge is 2.10. The van der Waals surface area contributed by atoms with E-state index in [-0.39, 0.29) is 6.03 Å². The first-order valence-corrected chi connectivity index (χ1v) is 8.74. The molecule has 5 heteroatoms. The molecule has 2 amide bonds. The number of rotatable bonds is 5. The third-order valence-corrected chi connectivity index (χ3v) is 4.38. The molecule has 2 rings (SSSR count). The Balaban J connectivity index is 1.78. The van der Waals surface area contributed by atoms with Crippen molar-refractivity contribution in [1.29, 1.82) is 0 Å². The molecule has 0 aliphatic carbocycles. The minimum atomic E-state index is -0.0965. The smallest absolute Gasteiger partial charge is 0.315 e. The molecule has 1 aromatic rings. The van der Waals surface area contributed by atoms with Crippen LogP contribution in [0.15, 0.2) is 24.3 Å². The van der Waals surface area contributed by atoms with E-state index in [0.717, 1.165) is 18.7 Å². The maximum absolute atomic E-state index is 11.6. The second-order valence-corrected chi connectivity index (χ2v) is 6.95. The second-order valence-electron chi connectivity index (χ2n) is 5.72. The maximum Gasteiger partial charge on any atom is 0.315 e. The lowest BCUT2D eigenvalue weighted by atomic mass is 10.2. The summed E-state index contributed by atoms with van der Waals surface area (Å²) >= 11 is 2.02. The molecule has 0 saturated carbocycles. The summed E-state index contributed by atoms with van der Waals surface area (Å²) in [7, 11) is 0. The van der Waals surface area contributed by atoms with Crippen LogP contribution in [0.1, 0.15) is 19.4 Å². The molecule has 1 aromatic carbocycles. The summed E-state index contributed by atoms with van der Waals surface area (Å²) in [5, 5.41) is 5.74. The second kappa shape index (κ2) is 8.17. The average Bonchev–Trinajstić information content (AvgIpc) is 2.52. The Morgan fingerprint density at radius 1 is 1.19 bits per heavy atom. The fourth-order valence-corrected chi connectivity index (χ4v) is 3.09. The van der Waals surface area contributed by atoms with Crippen molar-refractivity contribution in [2.75, 3.05) is 36.0 Å². The summed E-state index contributed by atoms with van der Waals surface area (Å²) in [6, 6.07) is 8.40. The van der Waals surface area contributed by atoms with Gasteiger partial charge in [0.1, 0.15) is 0 Å². The molecule has 0 spiro atoms. The molecule has 0 radical (unpaired) electrons. The number of anilines is 1. The highest BCUT2D eigenvalue weighted by Crippen LogP contribution is 2.19. The molecule has 1 fully saturated rings. The van der Waals surface area contributed by atoms with Crippen molar-refractivity contribution in [2.45, 2.75) is 20.4 Å². The summed E-state index contributed by atoms with van der Waals surface area (Å²) in [5.74, 6) is 2.89. The Hall–Kier alpha value is -1.36. The quantitative estimate of drug-likeness (QED) is 0.879. The van der Waals surface area contributed by atoms with E-state index in [0.29, 0.717) is 19.0 Å². The zero-order valence-corrected chi connectivity index (χ0v) is 13.7. The van der Waals surface area contributed by atoms with Crippen LogP contribution in [0.3, 0.4) is 0 Å². The van der Waals surface area contributed by atoms with Crippen LogP contribution in [0.2, 0.25) is 0 Å². The molecule has 1 saturated heterocycles. The molecule has 2 N–H and O–H groups in total. The van der Waals surface area contributed by atoms with Crippen molar-refractivity contribution in [2.24, 2.45) is 5.92 Å². The van der Waals surface area contributed by atoms with Crippen LogP contribution in [-0.2, 0) is 6.54 Å². The van der Waals surface area contributed by atoms with Crippen molar-refractivity contribution in [1.82, 2.24) is 10.6 Å². The van der Waals surface area contributed by atoms with Gasteiger partial charge in [-0.1, -0.05) is 26.0 Å². The van der Waals surface area contributed by atoms with Crippen LogP contribution in [0.4, 0.5) is 10.5 Å². The topological polar surface area (TPSA) is 44.4 Å². The molecule has 1 aliphatic heterocycles. The van der Waals surface area contributed by atoms with Gasteiger partial charge in [0.25, 0.3) is 0 Å². The summed E-state index contributed by atoms with van der Waals surface area (Å²) in [4.78, 5) is 14.0. The standard InChI is InChI=1S/C16H25N3OS/c1-13(2)11-17-16(20)18-12-14-3-5-15(6-4-14)19-7-9-21-10-8-19/h3-6,13H,7-12H2,1-2H3,(H2,17,18,20). The third kappa shape index (κ3) is 5.50. The van der Waals surface area contributed by atoms with Crippen LogP contribution in [-0.4, -0.2) is 37.2 Å². The molecule has 116 valence electrons. The predicted molar refractivity (Wildman–Crippen MR) is 91.1 cm³/mol. The first-order chi connectivity index (χ1) is 10.1. The molecule has 0 aromatic heterocycles. The van der Waals surface area contributed by atoms with Crippen LogP contribution in [0.5, 0.6) is 0 Å². The van der Waals surface area contributed by atoms with Gasteiger partial charge >= 0.3 is 6.03 Å². The summed E-state index contributed by atoms with van der Waals surface area (Å²) in [6.07, 6.45) is 0. The Morgan fingerprint density at radius 3 is 2.48 bits per heavy atom. The number of nitrogens with one attached hydrogen (secondary N) is 2. The number of thioether (sulfide) groups is 1. The highest BCUT2D eigenvalue weighted by molar-refractivity contribution is 7.99. The molecule has 21 heavy (non-hydrogen) atoms. The van der Waals surface area contributed by atoms with Gasteiger partial charge in [0, 0.05) is 43.4 Å². The highest BCUT2D eigenvalue weighted by atomic mass is 32.2. The third-order valence-electron chi connectivity index (χ3n) is 3.44. The fourth-order valence-electron chi connectivity index (χ4n) is 2.19. The van der Waals surface area contributed by atoms with Crippen LogP contribution in [0.25, 0.3) is 0 Å². The summed E-state index contributed by atoms with van der Waals surface area (Å²) in [5.41, 5.74) is 2.41. The molecule has 1 heterocycles. The molecule has 0 atom stereocenters. The van der Waals surface area contributed by atoms with Gasteiger partial charge in [-0.25, -0.2) is 4.79 Å². The minimum absolute atomic E-state index is 0.0965. The SMILES string of the molecule is CC(C)CNC(=O)NCc1ccc(N2CCSCC2)cc1. The monoisotopic (exact) mass is 307 g/mol. The summed E-state index contributed by atoms with van der Waals surface area (Å²) < 4.78 is 0. The minimum Gasteiger partial charge on any atom is -0.370 e. The van der Waals surface area contributed by atoms with Crippen LogP contribution < -0.4 is 15.5 Å². The molecular weight excluding hydrogens is 282 g/mol. The average molecular weight is 307 g/mol. The lowest BCUT2D eigenvalue weighted by molar-refractivity contribution is 0.239. The van der Waals surface area contributed by atoms with Gasteiger partial charge in [-0.2, -0.15) is 11.8 Å². The Labute approximate surface area is 131 Å². The van der Waals surface area contributed by atoms with Crippen LogP contribution in [0, 0.1) is 5.92 Å². The first-order valence-electron chi connectivity index (χ1n) is 7.58. The van der Waals surface area contributed by atoms with E-state index in [1.54, 1.807) is 0 Å². The zero-order valence-electron chi connectivity index (χ0n) is 12.9. The molecule has 0 bridgehead atoms. The largest absolute Gasteiger partial charge is 0.370 e. The number of benzene rings is 1. The number of carbonyl (C=O) groups is 1. The Morgan fingerprint density at radius 2 is 1.86 bits per heavy atom. The number of carbonyl (C=O) groups excluding carboxylic acids is 1. The number of urea groups is 1. The normalized spacial score (nSPS) is 15.1. The van der Waals surface area contributed by atoms with Crippen molar-refractivity contribution in [3.05, 3.63) is 29.8 Å². The molecule has 4 nitrogen and oxygen atoms in total. The number of nitrogens with zero attached hydrogens (tertiary/aromatic N) is 1. The van der Waals surface area contributed by atoms with Gasteiger partial charge in [-0.15, -0.1) is 0 Å². The van der Waals surface area contributed by atoms with E-state index in [9.17, 15) is 4.79 Å².